The molecule has 0 spiro atoms. The lowest BCUT2D eigenvalue weighted by Gasteiger charge is -2.51. The summed E-state index contributed by atoms with van der Waals surface area (Å²) in [7, 11) is -4.34. The first kappa shape index (κ1) is 41.6. The summed E-state index contributed by atoms with van der Waals surface area (Å²) in [5.74, 6) is -9.39. The third-order valence-corrected chi connectivity index (χ3v) is 13.0. The molecule has 2 aliphatic heterocycles. The van der Waals surface area contributed by atoms with Gasteiger partial charge in [0.2, 0.25) is 5.79 Å². The summed E-state index contributed by atoms with van der Waals surface area (Å²) in [6, 6.07) is 1.05. The molecule has 2 saturated carbocycles. The second-order valence-corrected chi connectivity index (χ2v) is 17.6. The van der Waals surface area contributed by atoms with Crippen molar-refractivity contribution in [3.8, 4) is 0 Å². The Morgan fingerprint density at radius 2 is 1.79 bits per heavy atom. The lowest BCUT2D eigenvalue weighted by molar-refractivity contribution is -0.425. The number of phosphoric acid groups is 1. The van der Waals surface area contributed by atoms with E-state index in [2.05, 4.69) is 22.0 Å². The Kier molecular flexibility index (Phi) is 11.7. The number of alkyl halides is 1. The number of phosphoric ester groups is 1. The highest BCUT2D eigenvalue weighted by molar-refractivity contribution is 8.45. The monoisotopic (exact) mass is 820 g/mol. The summed E-state index contributed by atoms with van der Waals surface area (Å²) in [5, 5.41) is 22.7. The summed E-state index contributed by atoms with van der Waals surface area (Å²) in [5.41, 5.74) is -5.02. The first-order valence-electron chi connectivity index (χ1n) is 15.9. The topological polar surface area (TPSA) is 284 Å². The van der Waals surface area contributed by atoms with E-state index in [0.29, 0.717) is 12.8 Å². The lowest BCUT2D eigenvalue weighted by atomic mass is 9.83. The number of carbonyl (C=O) groups is 3. The van der Waals surface area contributed by atoms with Gasteiger partial charge in [-0.2, -0.15) is 4.31 Å². The number of methoxy groups -OCH3 is 1. The summed E-state index contributed by atoms with van der Waals surface area (Å²) in [4.78, 5) is 72.4. The minimum absolute atomic E-state index is 0.333. The van der Waals surface area contributed by atoms with Crippen LogP contribution in [0.2, 0.25) is 0 Å². The maximum Gasteiger partial charge on any atom is 0.482 e. The highest BCUT2D eigenvalue weighted by Gasteiger charge is 2.78. The van der Waals surface area contributed by atoms with Gasteiger partial charge < -0.3 is 43.5 Å². The number of aromatic nitrogens is 2. The number of hydrogen-bond donors (Lipinski definition) is 5. The summed E-state index contributed by atoms with van der Waals surface area (Å²) >= 11 is 3.74. The molecule has 25 heteroatoms. The van der Waals surface area contributed by atoms with Crippen molar-refractivity contribution < 1.29 is 84.8 Å². The predicted molar refractivity (Wildman–Crippen MR) is 172 cm³/mol. The van der Waals surface area contributed by atoms with E-state index < -0.39 is 123 Å². The highest BCUT2D eigenvalue weighted by Crippen LogP contribution is 2.69. The van der Waals surface area contributed by atoms with E-state index in [9.17, 15) is 48.2 Å². The molecule has 4 aliphatic rings. The molecule has 53 heavy (non-hydrogen) atoms. The number of hydrogen-bond acceptors (Lipinski definition) is 18. The van der Waals surface area contributed by atoms with E-state index >= 15 is 4.39 Å². The first-order valence-corrected chi connectivity index (χ1v) is 20.1. The molecule has 21 nitrogen and oxygen atoms in total. The second kappa shape index (κ2) is 14.8. The molecule has 5 rings (SSSR count). The number of aliphatic hydroxyl groups is 2. The van der Waals surface area contributed by atoms with Gasteiger partial charge in [0.25, 0.3) is 5.56 Å². The third-order valence-electron chi connectivity index (χ3n) is 9.43. The number of thiol groups is 1. The number of esters is 3. The number of nitrogens with zero attached hydrogens (tertiary/aromatic N) is 1. The lowest BCUT2D eigenvalue weighted by Crippen LogP contribution is -2.66. The van der Waals surface area contributed by atoms with Crippen molar-refractivity contribution in [3.05, 3.63) is 33.1 Å². The largest absolute Gasteiger partial charge is 0.482 e. The zero-order chi connectivity index (χ0) is 39.5. The molecule has 3 heterocycles. The van der Waals surface area contributed by atoms with Crippen LogP contribution in [0.25, 0.3) is 0 Å². The van der Waals surface area contributed by atoms with Crippen LogP contribution in [0.15, 0.2) is 21.9 Å². The van der Waals surface area contributed by atoms with Crippen molar-refractivity contribution in [2.75, 3.05) is 20.3 Å². The van der Waals surface area contributed by atoms with Gasteiger partial charge in [0.05, 0.1) is 12.5 Å². The van der Waals surface area contributed by atoms with Crippen molar-refractivity contribution in [1.82, 2.24) is 9.55 Å². The summed E-state index contributed by atoms with van der Waals surface area (Å²) in [6.45, 7) is -2.68. The minimum atomic E-state index is -5.62. The van der Waals surface area contributed by atoms with E-state index in [1.807, 2.05) is 0 Å². The molecule has 0 amide bonds. The smallest absolute Gasteiger partial charge is 0.463 e. The number of fused-ring (bicyclic) bond motifs is 1. The summed E-state index contributed by atoms with van der Waals surface area (Å²) in [6.07, 6.45) is -8.82. The maximum atomic E-state index is 15.6. The van der Waals surface area contributed by atoms with E-state index in [1.54, 1.807) is 0 Å². The van der Waals surface area contributed by atoms with Crippen molar-refractivity contribution >= 4 is 44.8 Å². The molecule has 4 N–H and O–H groups in total. The molecule has 0 radical (unpaired) electrons. The number of aromatic amines is 1. The van der Waals surface area contributed by atoms with Crippen molar-refractivity contribution in [3.63, 3.8) is 0 Å². The normalized spacial score (nSPS) is 37.7. The summed E-state index contributed by atoms with van der Waals surface area (Å²) < 4.78 is 90.3. The number of H-pyrrole nitrogens is 1. The van der Waals surface area contributed by atoms with Crippen LogP contribution in [0.3, 0.4) is 0 Å². The van der Waals surface area contributed by atoms with E-state index in [1.165, 1.54) is 14.0 Å². The molecule has 0 bridgehead atoms. The van der Waals surface area contributed by atoms with Crippen LogP contribution in [0.4, 0.5) is 4.39 Å². The molecule has 2 saturated heterocycles. The van der Waals surface area contributed by atoms with Gasteiger partial charge in [-0.1, -0.05) is 12.2 Å². The van der Waals surface area contributed by atoms with Crippen LogP contribution >= 0.6 is 26.9 Å². The molecule has 1 aromatic heterocycles. The molecule has 4 fully saturated rings. The van der Waals surface area contributed by atoms with Gasteiger partial charge in [-0.15, -0.1) is 0 Å². The van der Waals surface area contributed by atoms with Gasteiger partial charge >= 0.3 is 38.2 Å². The van der Waals surface area contributed by atoms with Crippen LogP contribution in [0.5, 0.6) is 0 Å². The fraction of sp³-hybridized carbons (Fsp3) is 0.750. The van der Waals surface area contributed by atoms with E-state index in [-0.39, 0.29) is 5.92 Å². The highest BCUT2D eigenvalue weighted by atomic mass is 32.7. The average molecular weight is 821 g/mol. The predicted octanol–water partition coefficient (Wildman–Crippen LogP) is 0.224. The van der Waals surface area contributed by atoms with Crippen LogP contribution in [0, 0.1) is 17.8 Å². The van der Waals surface area contributed by atoms with E-state index in [0.717, 1.165) is 37.6 Å². The van der Waals surface area contributed by atoms with Gasteiger partial charge in [-0.25, -0.2) is 18.3 Å². The van der Waals surface area contributed by atoms with Crippen molar-refractivity contribution in [2.45, 2.75) is 94.5 Å². The molecule has 13 atom stereocenters. The Balaban J connectivity index is 1.32. The third kappa shape index (κ3) is 7.94. The molecular weight excluding hydrogens is 781 g/mol. The van der Waals surface area contributed by atoms with Gasteiger partial charge in [0.15, 0.2) is 12.5 Å². The van der Waals surface area contributed by atoms with Gasteiger partial charge in [-0.05, 0) is 25.7 Å². The van der Waals surface area contributed by atoms with E-state index in [4.69, 9.17) is 37.0 Å². The fourth-order valence-electron chi connectivity index (χ4n) is 7.24. The van der Waals surface area contributed by atoms with Crippen molar-refractivity contribution in [1.29, 1.82) is 0 Å². The number of nitrogens with one attached hydrogen (secondary N) is 1. The quantitative estimate of drug-likeness (QED) is 0.0685. The molecule has 0 aromatic carbocycles. The first-order chi connectivity index (χ1) is 24.5. The number of aliphatic hydroxyl groups excluding tert-OH is 2. The van der Waals surface area contributed by atoms with Crippen LogP contribution < -0.4 is 11.2 Å². The maximum absolute atomic E-state index is 15.6. The number of halogens is 1. The van der Waals surface area contributed by atoms with Crippen LogP contribution in [0.1, 0.15) is 46.8 Å². The number of ether oxygens (including phenoxy) is 6. The molecule has 1 aromatic rings. The Morgan fingerprint density at radius 1 is 1.13 bits per heavy atom. The second-order valence-electron chi connectivity index (χ2n) is 13.2. The van der Waals surface area contributed by atoms with Crippen molar-refractivity contribution in [2.24, 2.45) is 17.8 Å². The Bertz CT molecular complexity index is 1830. The standard InChI is InChI=1S/C28H39FN2O19P2S/c1-12(32)43-10-16(29)18-21(45-13(2)33)20(36)19-22(47-28(18,19)46-14(3)34)49-51(39,40)50-52(41,53)44-11-26(4)23(37)27(42-5,15-6-7-15)24(48-26)31-9-8-17(35)30-25(31)38/h8-9,15-16,18-24,36-37H,6-7,10-11H2,1-5H3,(H,39,40)(H,41,53)(H,30,35,38)/t16-,18?,19?,20?,21?,22?,23+,24+,26+,27+,28?,52?/m0/s1. The Labute approximate surface area is 304 Å². The zero-order valence-electron chi connectivity index (χ0n) is 28.7. The Hall–Kier alpha value is -2.53. The van der Waals surface area contributed by atoms with Gasteiger partial charge in [0.1, 0.15) is 48.2 Å². The molecule has 298 valence electrons. The Morgan fingerprint density at radius 3 is 2.34 bits per heavy atom. The SMILES string of the molecule is CO[C@@]1(C2CC2)[C@H](n2ccc(=O)[nH]c2=O)O[C@](C)(COP(=O)(S)OP(=O)(O)OC2OC3(OC(C)=O)C2C(O)C(OC(C)=O)C3[C@@H](F)COC(C)=O)[C@H]1O. The number of rotatable bonds is 15. The van der Waals surface area contributed by atoms with Gasteiger partial charge in [0, 0.05) is 40.1 Å². The minimum Gasteiger partial charge on any atom is -0.463 e. The van der Waals surface area contributed by atoms with Crippen LogP contribution in [-0.4, -0.2) is 111 Å². The number of carbonyl (C=O) groups excluding carboxylic acids is 3. The zero-order valence-corrected chi connectivity index (χ0v) is 31.4. The molecular formula is C28H39FN2O19P2S. The fourth-order valence-corrected chi connectivity index (χ4v) is 10.5. The molecule has 2 aliphatic carbocycles. The van der Waals surface area contributed by atoms with Gasteiger partial charge in [-0.3, -0.25) is 37.8 Å². The molecule has 8 unspecified atom stereocenters. The van der Waals surface area contributed by atoms with Crippen LogP contribution in [-0.2, 0) is 65.3 Å². The average Bonchev–Trinajstić information content (AvgIpc) is 3.81.